The Bertz CT molecular complexity index is 639. The van der Waals surface area contributed by atoms with Crippen molar-refractivity contribution in [3.63, 3.8) is 0 Å². The highest BCUT2D eigenvalue weighted by molar-refractivity contribution is 6.01. The van der Waals surface area contributed by atoms with Crippen LogP contribution in [-0.4, -0.2) is 38.7 Å². The molecule has 1 aromatic rings. The van der Waals surface area contributed by atoms with Crippen molar-refractivity contribution in [3.05, 3.63) is 29.3 Å². The van der Waals surface area contributed by atoms with Gasteiger partial charge in [0.05, 0.1) is 12.8 Å². The molecule has 0 fully saturated rings. The van der Waals surface area contributed by atoms with Crippen LogP contribution in [0.15, 0.2) is 18.2 Å². The molecule has 0 spiro atoms. The van der Waals surface area contributed by atoms with Crippen LogP contribution in [0, 0.1) is 13.7 Å². The molecule has 1 atom stereocenters. The molecule has 0 aromatic heterocycles. The normalized spacial score (nSPS) is 17.6. The molecule has 0 saturated heterocycles. The zero-order valence-corrected chi connectivity index (χ0v) is 11.6. The first-order valence-electron chi connectivity index (χ1n) is 8.89. The van der Waals surface area contributed by atoms with Gasteiger partial charge in [0, 0.05) is 15.3 Å². The molecule has 0 heterocycles. The third kappa shape index (κ3) is 3.36. The average Bonchev–Trinajstić information content (AvgIpc) is 2.52. The lowest BCUT2D eigenvalue weighted by Crippen LogP contribution is -2.46. The summed E-state index contributed by atoms with van der Waals surface area (Å²) in [6.45, 7) is -4.58. The van der Waals surface area contributed by atoms with E-state index in [0.29, 0.717) is 0 Å². The van der Waals surface area contributed by atoms with Crippen molar-refractivity contribution in [2.45, 2.75) is 26.7 Å². The summed E-state index contributed by atoms with van der Waals surface area (Å²) in [5.41, 5.74) is -1.06. The Labute approximate surface area is 127 Å². The topological polar surface area (TPSA) is 55.8 Å². The standard InChI is InChI=1S/C15H21NO4/c1-10-7-6-8-11(2)14(10)16(13(17)9-19-4)12(3)15(18)20-5/h6-8,12H,9H2,1-5H3/t12-/m1/s1/i1D3,2D3. The average molecular weight is 285 g/mol. The fraction of sp³-hybridized carbons (Fsp3) is 0.467. The lowest BCUT2D eigenvalue weighted by molar-refractivity contribution is -0.143. The zero-order valence-electron chi connectivity index (χ0n) is 17.6. The van der Waals surface area contributed by atoms with Crippen LogP contribution in [0.4, 0.5) is 5.69 Å². The summed E-state index contributed by atoms with van der Waals surface area (Å²) in [6, 6.07) is 2.44. The molecule has 0 N–H and O–H groups in total. The second-order valence-electron chi connectivity index (χ2n) is 4.10. The summed E-state index contributed by atoms with van der Waals surface area (Å²) in [4.78, 5) is 25.4. The molecule has 0 saturated carbocycles. The molecule has 1 aromatic carbocycles. The van der Waals surface area contributed by atoms with Crippen LogP contribution in [0.3, 0.4) is 0 Å². The first-order chi connectivity index (χ1) is 11.9. The maximum Gasteiger partial charge on any atom is 0.328 e. The van der Waals surface area contributed by atoms with E-state index >= 15 is 0 Å². The van der Waals surface area contributed by atoms with Crippen LogP contribution >= 0.6 is 0 Å². The van der Waals surface area contributed by atoms with E-state index in [-0.39, 0.29) is 16.8 Å². The number of para-hydroxylation sites is 1. The van der Waals surface area contributed by atoms with E-state index in [1.165, 1.54) is 32.2 Å². The first kappa shape index (κ1) is 9.13. The van der Waals surface area contributed by atoms with Gasteiger partial charge in [0.25, 0.3) is 5.91 Å². The summed E-state index contributed by atoms with van der Waals surface area (Å²) in [5, 5.41) is 0. The number of anilines is 1. The van der Waals surface area contributed by atoms with E-state index < -0.39 is 38.2 Å². The highest BCUT2D eigenvalue weighted by Gasteiger charge is 2.29. The van der Waals surface area contributed by atoms with Gasteiger partial charge in [-0.25, -0.2) is 4.79 Å². The number of rotatable bonds is 5. The van der Waals surface area contributed by atoms with Crippen molar-refractivity contribution in [2.75, 3.05) is 25.7 Å². The van der Waals surface area contributed by atoms with E-state index in [0.717, 1.165) is 12.0 Å². The summed E-state index contributed by atoms with van der Waals surface area (Å²) >= 11 is 0. The second kappa shape index (κ2) is 7.05. The van der Waals surface area contributed by atoms with Crippen molar-refractivity contribution < 1.29 is 27.3 Å². The third-order valence-electron chi connectivity index (χ3n) is 2.74. The molecule has 110 valence electrons. The number of esters is 1. The van der Waals surface area contributed by atoms with Crippen molar-refractivity contribution in [2.24, 2.45) is 0 Å². The van der Waals surface area contributed by atoms with E-state index in [4.69, 9.17) is 13.0 Å². The highest BCUT2D eigenvalue weighted by Crippen LogP contribution is 2.27. The highest BCUT2D eigenvalue weighted by atomic mass is 16.5. The number of amides is 1. The zero-order chi connectivity index (χ0) is 20.3. The predicted octanol–water partition coefficient (Wildman–Crippen LogP) is 1.84. The fourth-order valence-corrected chi connectivity index (χ4v) is 1.81. The molecule has 0 aliphatic carbocycles. The molecule has 0 aliphatic heterocycles. The first-order valence-corrected chi connectivity index (χ1v) is 5.89. The van der Waals surface area contributed by atoms with E-state index in [1.54, 1.807) is 0 Å². The maximum atomic E-state index is 12.6. The largest absolute Gasteiger partial charge is 0.467 e. The smallest absolute Gasteiger partial charge is 0.328 e. The van der Waals surface area contributed by atoms with Gasteiger partial charge >= 0.3 is 5.97 Å². The number of hydrogen-bond acceptors (Lipinski definition) is 4. The third-order valence-corrected chi connectivity index (χ3v) is 2.74. The number of benzene rings is 1. The summed E-state index contributed by atoms with van der Waals surface area (Å²) in [7, 11) is 2.36. The van der Waals surface area contributed by atoms with Gasteiger partial charge in [-0.05, 0) is 31.8 Å². The van der Waals surface area contributed by atoms with Gasteiger partial charge in [-0.1, -0.05) is 18.2 Å². The van der Waals surface area contributed by atoms with Gasteiger partial charge in [0.1, 0.15) is 12.6 Å². The van der Waals surface area contributed by atoms with Crippen LogP contribution in [0.5, 0.6) is 0 Å². The Morgan fingerprint density at radius 2 is 1.90 bits per heavy atom. The minimum atomic E-state index is -2.71. The van der Waals surface area contributed by atoms with Crippen LogP contribution in [0.1, 0.15) is 26.3 Å². The molecule has 0 radical (unpaired) electrons. The minimum absolute atomic E-state index is 0.354. The number of ether oxygens (including phenoxy) is 2. The molecule has 20 heavy (non-hydrogen) atoms. The molecular weight excluding hydrogens is 258 g/mol. The summed E-state index contributed by atoms with van der Waals surface area (Å²) < 4.78 is 55.7. The Balaban J connectivity index is 3.82. The van der Waals surface area contributed by atoms with Gasteiger partial charge < -0.3 is 9.47 Å². The Kier molecular flexibility index (Phi) is 3.22. The van der Waals surface area contributed by atoms with Crippen molar-refractivity contribution in [1.82, 2.24) is 0 Å². The van der Waals surface area contributed by atoms with Gasteiger partial charge in [-0.2, -0.15) is 0 Å². The van der Waals surface area contributed by atoms with Crippen LogP contribution in [0.25, 0.3) is 0 Å². The maximum absolute atomic E-state index is 12.6. The van der Waals surface area contributed by atoms with Gasteiger partial charge in [0.2, 0.25) is 0 Å². The number of aryl methyl sites for hydroxylation is 2. The number of carbonyl (C=O) groups excluding carboxylic acids is 2. The van der Waals surface area contributed by atoms with Gasteiger partial charge in [0.15, 0.2) is 0 Å². The SMILES string of the molecule is [2H]C([2H])([2H])c1cccc(C([2H])([2H])[2H])c1N(C(=O)COC)[C@H](C)C(=O)OC. The summed E-state index contributed by atoms with van der Waals surface area (Å²) in [5.74, 6) is -1.60. The molecule has 5 heteroatoms. The monoisotopic (exact) mass is 285 g/mol. The molecule has 0 unspecified atom stereocenters. The van der Waals surface area contributed by atoms with E-state index in [9.17, 15) is 9.59 Å². The Hall–Kier alpha value is -1.88. The molecule has 1 amide bonds. The second-order valence-corrected chi connectivity index (χ2v) is 4.10. The van der Waals surface area contributed by atoms with Crippen LogP contribution in [0.2, 0.25) is 0 Å². The van der Waals surface area contributed by atoms with Crippen LogP contribution in [-0.2, 0) is 19.1 Å². The lowest BCUT2D eigenvalue weighted by Gasteiger charge is -2.30. The van der Waals surface area contributed by atoms with Crippen LogP contribution < -0.4 is 4.90 Å². The van der Waals surface area contributed by atoms with E-state index in [1.807, 2.05) is 0 Å². The lowest BCUT2D eigenvalue weighted by atomic mass is 10.1. The number of methoxy groups -OCH3 is 2. The van der Waals surface area contributed by atoms with Crippen molar-refractivity contribution >= 4 is 17.6 Å². The Morgan fingerprint density at radius 1 is 1.30 bits per heavy atom. The summed E-state index contributed by atoms with van der Waals surface area (Å²) in [6.07, 6.45) is 0. The number of nitrogens with zero attached hydrogens (tertiary/aromatic N) is 1. The molecule has 1 rings (SSSR count). The predicted molar refractivity (Wildman–Crippen MR) is 76.8 cm³/mol. The molecule has 5 nitrogen and oxygen atoms in total. The Morgan fingerprint density at radius 3 is 2.35 bits per heavy atom. The molecule has 0 bridgehead atoms. The quantitative estimate of drug-likeness (QED) is 0.775. The van der Waals surface area contributed by atoms with E-state index in [2.05, 4.69) is 4.74 Å². The van der Waals surface area contributed by atoms with Gasteiger partial charge in [-0.15, -0.1) is 0 Å². The number of hydrogen-bond donors (Lipinski definition) is 0. The molecule has 0 aliphatic rings. The molecular formula is C15H21NO4. The van der Waals surface area contributed by atoms with Crippen molar-refractivity contribution in [1.29, 1.82) is 0 Å². The van der Waals surface area contributed by atoms with Crippen molar-refractivity contribution in [3.8, 4) is 0 Å². The minimum Gasteiger partial charge on any atom is -0.467 e. The fourth-order valence-electron chi connectivity index (χ4n) is 1.81. The van der Waals surface area contributed by atoms with Gasteiger partial charge in [-0.3, -0.25) is 9.69 Å². The number of carbonyl (C=O) groups is 2.